The van der Waals surface area contributed by atoms with Crippen molar-refractivity contribution in [1.82, 2.24) is 14.9 Å². The third-order valence-electron chi connectivity index (χ3n) is 3.45. The van der Waals surface area contributed by atoms with Gasteiger partial charge in [0.15, 0.2) is 0 Å². The second-order valence-corrected chi connectivity index (χ2v) is 5.29. The zero-order valence-electron chi connectivity index (χ0n) is 10.7. The summed E-state index contributed by atoms with van der Waals surface area (Å²) < 4.78 is 2.39. The van der Waals surface area contributed by atoms with Crippen LogP contribution in [0.2, 0.25) is 0 Å². The van der Waals surface area contributed by atoms with Gasteiger partial charge in [-0.1, -0.05) is 13.8 Å². The van der Waals surface area contributed by atoms with Gasteiger partial charge in [0, 0.05) is 31.2 Å². The van der Waals surface area contributed by atoms with Crippen molar-refractivity contribution in [2.75, 3.05) is 6.54 Å². The van der Waals surface area contributed by atoms with Gasteiger partial charge >= 0.3 is 0 Å². The molecule has 3 heteroatoms. The Kier molecular flexibility index (Phi) is 3.64. The fourth-order valence-corrected chi connectivity index (χ4v) is 2.35. The second-order valence-electron chi connectivity index (χ2n) is 5.29. The zero-order valence-corrected chi connectivity index (χ0v) is 10.7. The molecule has 1 aromatic heterocycles. The number of aromatic nitrogens is 2. The number of imidazole rings is 1. The van der Waals surface area contributed by atoms with Crippen LogP contribution in [-0.2, 0) is 13.0 Å². The summed E-state index contributed by atoms with van der Waals surface area (Å²) in [5, 5.41) is 3.37. The molecule has 3 nitrogen and oxygen atoms in total. The van der Waals surface area contributed by atoms with E-state index in [1.54, 1.807) is 0 Å². The summed E-state index contributed by atoms with van der Waals surface area (Å²) in [6, 6.07) is 0.594. The predicted molar refractivity (Wildman–Crippen MR) is 66.4 cm³/mol. The van der Waals surface area contributed by atoms with E-state index >= 15 is 0 Å². The van der Waals surface area contributed by atoms with Crippen molar-refractivity contribution in [2.24, 2.45) is 5.92 Å². The number of fused-ring (bicyclic) bond motifs is 1. The number of rotatable bonds is 4. The standard InChI is InChI=1S/C13H23N3/c1-10(2)4-5-11(3)16-9-15-12-8-14-7-6-13(12)16/h9-11,14H,4-8H2,1-3H3. The summed E-state index contributed by atoms with van der Waals surface area (Å²) in [5.41, 5.74) is 2.71. The highest BCUT2D eigenvalue weighted by atomic mass is 15.1. The molecule has 2 rings (SSSR count). The quantitative estimate of drug-likeness (QED) is 0.846. The smallest absolute Gasteiger partial charge is 0.0954 e. The molecule has 0 fully saturated rings. The highest BCUT2D eigenvalue weighted by Gasteiger charge is 2.17. The molecule has 1 atom stereocenters. The monoisotopic (exact) mass is 221 g/mol. The first kappa shape index (κ1) is 11.6. The summed E-state index contributed by atoms with van der Waals surface area (Å²) in [5.74, 6) is 0.795. The Labute approximate surface area is 98.3 Å². The average Bonchev–Trinajstić information content (AvgIpc) is 2.69. The maximum atomic E-state index is 4.51. The lowest BCUT2D eigenvalue weighted by molar-refractivity contribution is 0.426. The van der Waals surface area contributed by atoms with Gasteiger partial charge in [-0.15, -0.1) is 0 Å². The van der Waals surface area contributed by atoms with Crippen LogP contribution >= 0.6 is 0 Å². The van der Waals surface area contributed by atoms with Crippen LogP contribution in [0.15, 0.2) is 6.33 Å². The topological polar surface area (TPSA) is 29.9 Å². The third kappa shape index (κ3) is 2.46. The van der Waals surface area contributed by atoms with E-state index in [1.807, 2.05) is 6.33 Å². The molecule has 0 spiro atoms. The summed E-state index contributed by atoms with van der Waals surface area (Å²) in [4.78, 5) is 4.51. The van der Waals surface area contributed by atoms with Crippen LogP contribution in [-0.4, -0.2) is 16.1 Å². The van der Waals surface area contributed by atoms with E-state index in [4.69, 9.17) is 0 Å². The van der Waals surface area contributed by atoms with Crippen LogP contribution in [0.3, 0.4) is 0 Å². The third-order valence-corrected chi connectivity index (χ3v) is 3.45. The summed E-state index contributed by atoms with van der Waals surface area (Å²) in [6.07, 6.45) is 5.71. The van der Waals surface area contributed by atoms with Gasteiger partial charge < -0.3 is 9.88 Å². The molecule has 2 heterocycles. The number of nitrogens with zero attached hydrogens (tertiary/aromatic N) is 2. The van der Waals surface area contributed by atoms with Crippen molar-refractivity contribution in [3.8, 4) is 0 Å². The van der Waals surface area contributed by atoms with Crippen LogP contribution in [0, 0.1) is 5.92 Å². The Balaban J connectivity index is 2.05. The van der Waals surface area contributed by atoms with Crippen molar-refractivity contribution in [3.05, 3.63) is 17.7 Å². The molecule has 0 bridgehead atoms. The number of nitrogens with one attached hydrogen (secondary N) is 1. The molecule has 1 unspecified atom stereocenters. The van der Waals surface area contributed by atoms with Gasteiger partial charge in [-0.25, -0.2) is 4.98 Å². The van der Waals surface area contributed by atoms with Gasteiger partial charge in [-0.3, -0.25) is 0 Å². The second kappa shape index (κ2) is 5.00. The molecule has 0 saturated heterocycles. The molecule has 1 N–H and O–H groups in total. The number of hydrogen-bond acceptors (Lipinski definition) is 2. The first-order chi connectivity index (χ1) is 7.68. The fraction of sp³-hybridized carbons (Fsp3) is 0.769. The number of hydrogen-bond donors (Lipinski definition) is 1. The molecule has 90 valence electrons. The summed E-state index contributed by atoms with van der Waals surface area (Å²) in [6.45, 7) is 8.93. The van der Waals surface area contributed by atoms with E-state index in [1.165, 1.54) is 24.2 Å². The molecule has 0 aromatic carbocycles. The minimum atomic E-state index is 0.594. The minimum absolute atomic E-state index is 0.594. The molecular formula is C13H23N3. The van der Waals surface area contributed by atoms with Gasteiger partial charge in [0.25, 0.3) is 0 Å². The van der Waals surface area contributed by atoms with Crippen molar-refractivity contribution in [1.29, 1.82) is 0 Å². The zero-order chi connectivity index (χ0) is 11.5. The first-order valence-corrected chi connectivity index (χ1v) is 6.43. The molecule has 0 radical (unpaired) electrons. The normalized spacial score (nSPS) is 17.5. The molecule has 0 aliphatic carbocycles. The largest absolute Gasteiger partial charge is 0.331 e. The van der Waals surface area contributed by atoms with Gasteiger partial charge in [-0.2, -0.15) is 0 Å². The maximum absolute atomic E-state index is 4.51. The Morgan fingerprint density at radius 3 is 2.94 bits per heavy atom. The van der Waals surface area contributed by atoms with Crippen molar-refractivity contribution in [3.63, 3.8) is 0 Å². The predicted octanol–water partition coefficient (Wildman–Crippen LogP) is 2.53. The van der Waals surface area contributed by atoms with Gasteiger partial charge in [0.05, 0.1) is 12.0 Å². The summed E-state index contributed by atoms with van der Waals surface area (Å²) in [7, 11) is 0. The van der Waals surface area contributed by atoms with E-state index in [0.717, 1.165) is 25.4 Å². The van der Waals surface area contributed by atoms with Crippen molar-refractivity contribution < 1.29 is 0 Å². The summed E-state index contributed by atoms with van der Waals surface area (Å²) >= 11 is 0. The van der Waals surface area contributed by atoms with E-state index in [9.17, 15) is 0 Å². The van der Waals surface area contributed by atoms with E-state index in [-0.39, 0.29) is 0 Å². The Morgan fingerprint density at radius 2 is 2.19 bits per heavy atom. The lowest BCUT2D eigenvalue weighted by Gasteiger charge is -2.20. The SMILES string of the molecule is CC(C)CCC(C)n1cnc2c1CCNC2. The lowest BCUT2D eigenvalue weighted by Crippen LogP contribution is -2.25. The molecule has 1 aliphatic heterocycles. The van der Waals surface area contributed by atoms with Crippen LogP contribution in [0.25, 0.3) is 0 Å². The van der Waals surface area contributed by atoms with Crippen molar-refractivity contribution >= 4 is 0 Å². The van der Waals surface area contributed by atoms with Crippen LogP contribution < -0.4 is 5.32 Å². The van der Waals surface area contributed by atoms with Crippen molar-refractivity contribution in [2.45, 2.75) is 52.6 Å². The first-order valence-electron chi connectivity index (χ1n) is 6.43. The Hall–Kier alpha value is -0.830. The van der Waals surface area contributed by atoms with Gasteiger partial charge in [0.1, 0.15) is 0 Å². The average molecular weight is 221 g/mol. The van der Waals surface area contributed by atoms with Gasteiger partial charge in [-0.05, 0) is 25.7 Å². The van der Waals surface area contributed by atoms with Crippen LogP contribution in [0.5, 0.6) is 0 Å². The molecule has 1 aromatic rings. The van der Waals surface area contributed by atoms with E-state index in [2.05, 4.69) is 35.6 Å². The van der Waals surface area contributed by atoms with Crippen LogP contribution in [0.4, 0.5) is 0 Å². The molecular weight excluding hydrogens is 198 g/mol. The van der Waals surface area contributed by atoms with E-state index < -0.39 is 0 Å². The highest BCUT2D eigenvalue weighted by Crippen LogP contribution is 2.22. The molecule has 0 amide bonds. The Bertz CT molecular complexity index is 341. The van der Waals surface area contributed by atoms with E-state index in [0.29, 0.717) is 6.04 Å². The molecule has 0 saturated carbocycles. The Morgan fingerprint density at radius 1 is 1.38 bits per heavy atom. The molecule has 16 heavy (non-hydrogen) atoms. The van der Waals surface area contributed by atoms with Gasteiger partial charge in [0.2, 0.25) is 0 Å². The lowest BCUT2D eigenvalue weighted by atomic mass is 10.0. The molecule has 1 aliphatic rings. The maximum Gasteiger partial charge on any atom is 0.0954 e. The highest BCUT2D eigenvalue weighted by molar-refractivity contribution is 5.17. The minimum Gasteiger partial charge on any atom is -0.331 e. The van der Waals surface area contributed by atoms with Crippen LogP contribution in [0.1, 0.15) is 51.0 Å². The fourth-order valence-electron chi connectivity index (χ4n) is 2.35.